The zero-order valence-electron chi connectivity index (χ0n) is 16.1. The van der Waals surface area contributed by atoms with Crippen LogP contribution in [0.2, 0.25) is 0 Å². The van der Waals surface area contributed by atoms with Gasteiger partial charge in [0.1, 0.15) is 5.82 Å². The lowest BCUT2D eigenvalue weighted by Gasteiger charge is -2.43. The summed E-state index contributed by atoms with van der Waals surface area (Å²) in [6, 6.07) is 5.97. The maximum Gasteiger partial charge on any atom is 0.327 e. The zero-order valence-corrected chi connectivity index (χ0v) is 16.1. The number of hydrogen-bond donors (Lipinski definition) is 3. The molecule has 30 heavy (non-hydrogen) atoms. The normalized spacial score (nSPS) is 20.4. The van der Waals surface area contributed by atoms with Crippen LogP contribution in [0.1, 0.15) is 24.1 Å². The fourth-order valence-electron chi connectivity index (χ4n) is 3.65. The van der Waals surface area contributed by atoms with Crippen LogP contribution in [-0.4, -0.2) is 45.7 Å². The second-order valence-electron chi connectivity index (χ2n) is 7.17. The van der Waals surface area contributed by atoms with Gasteiger partial charge in [0.05, 0.1) is 12.0 Å². The van der Waals surface area contributed by atoms with Crippen molar-refractivity contribution < 1.29 is 29.0 Å². The van der Waals surface area contributed by atoms with E-state index in [0.29, 0.717) is 17.1 Å². The van der Waals surface area contributed by atoms with Gasteiger partial charge in [-0.15, -0.1) is 0 Å². The first-order valence-corrected chi connectivity index (χ1v) is 9.31. The lowest BCUT2D eigenvalue weighted by atomic mass is 9.82. The van der Waals surface area contributed by atoms with Crippen LogP contribution in [0.25, 0.3) is 0 Å². The van der Waals surface area contributed by atoms with E-state index in [1.807, 2.05) is 0 Å². The molecule has 10 nitrogen and oxygen atoms in total. The predicted molar refractivity (Wildman–Crippen MR) is 104 cm³/mol. The number of nitrogens with two attached hydrogens (primary N) is 1. The largest absolute Gasteiger partial charge is 0.480 e. The minimum atomic E-state index is -1.25. The predicted octanol–water partition coefficient (Wildman–Crippen LogP) is 1.32. The number of benzene rings is 1. The van der Waals surface area contributed by atoms with Crippen molar-refractivity contribution in [2.45, 2.75) is 25.4 Å². The van der Waals surface area contributed by atoms with Gasteiger partial charge in [-0.05, 0) is 48.7 Å². The van der Waals surface area contributed by atoms with E-state index in [-0.39, 0.29) is 19.0 Å². The van der Waals surface area contributed by atoms with Crippen molar-refractivity contribution in [3.63, 3.8) is 0 Å². The van der Waals surface area contributed by atoms with Crippen LogP contribution in [0.3, 0.4) is 0 Å². The van der Waals surface area contributed by atoms with Crippen molar-refractivity contribution in [2.75, 3.05) is 12.5 Å². The second kappa shape index (κ2) is 7.54. The molecule has 1 fully saturated rings. The van der Waals surface area contributed by atoms with Crippen molar-refractivity contribution in [2.24, 2.45) is 5.92 Å². The van der Waals surface area contributed by atoms with Gasteiger partial charge in [0, 0.05) is 6.20 Å². The number of carbonyl (C=O) groups excluding carboxylic acids is 2. The number of nitrogen functional groups attached to an aromatic ring is 1. The highest BCUT2D eigenvalue weighted by Crippen LogP contribution is 2.35. The van der Waals surface area contributed by atoms with Crippen LogP contribution in [0, 0.1) is 5.92 Å². The van der Waals surface area contributed by atoms with E-state index in [1.54, 1.807) is 37.3 Å². The van der Waals surface area contributed by atoms with Gasteiger partial charge < -0.3 is 25.6 Å². The van der Waals surface area contributed by atoms with Crippen LogP contribution < -0.4 is 20.5 Å². The lowest BCUT2D eigenvalue weighted by molar-refractivity contribution is -0.165. The number of hydrogen-bond acceptors (Lipinski definition) is 7. The average Bonchev–Trinajstić information content (AvgIpc) is 3.17. The molecule has 0 saturated carbocycles. The van der Waals surface area contributed by atoms with Crippen molar-refractivity contribution in [3.8, 4) is 11.5 Å². The van der Waals surface area contributed by atoms with Gasteiger partial charge in [0.15, 0.2) is 17.5 Å². The molecule has 3 heterocycles. The monoisotopic (exact) mass is 412 g/mol. The van der Waals surface area contributed by atoms with Gasteiger partial charge in [0.25, 0.3) is 0 Å². The molecule has 2 aliphatic heterocycles. The smallest absolute Gasteiger partial charge is 0.327 e. The molecule has 1 aromatic heterocycles. The molecule has 3 atom stereocenters. The first-order valence-electron chi connectivity index (χ1n) is 9.31. The third kappa shape index (κ3) is 3.47. The Morgan fingerprint density at radius 2 is 2.07 bits per heavy atom. The highest BCUT2D eigenvalue weighted by molar-refractivity contribution is 6.07. The molecule has 4 rings (SSSR count). The molecule has 3 unspecified atom stereocenters. The third-order valence-corrected chi connectivity index (χ3v) is 5.22. The minimum absolute atomic E-state index is 0.132. The number of aromatic nitrogens is 1. The van der Waals surface area contributed by atoms with Crippen LogP contribution in [0.15, 0.2) is 36.5 Å². The zero-order chi connectivity index (χ0) is 21.4. The molecular formula is C20H20N4O6. The quantitative estimate of drug-likeness (QED) is 0.624. The Bertz CT molecular complexity index is 1030. The van der Waals surface area contributed by atoms with Crippen LogP contribution >= 0.6 is 0 Å². The molecule has 0 bridgehead atoms. The molecule has 0 spiro atoms. The maximum absolute atomic E-state index is 12.7. The van der Waals surface area contributed by atoms with Gasteiger partial charge in [-0.2, -0.15) is 0 Å². The molecule has 1 saturated heterocycles. The van der Waals surface area contributed by atoms with E-state index in [2.05, 4.69) is 10.3 Å². The van der Waals surface area contributed by atoms with E-state index in [1.165, 1.54) is 6.20 Å². The number of rotatable bonds is 5. The molecule has 4 N–H and O–H groups in total. The average molecular weight is 412 g/mol. The first kappa shape index (κ1) is 19.5. The van der Waals surface area contributed by atoms with Gasteiger partial charge in [0.2, 0.25) is 12.7 Å². The van der Waals surface area contributed by atoms with Gasteiger partial charge in [-0.25, -0.2) is 19.5 Å². The number of β-lactam (4-membered cyclic amide) rings is 1. The van der Waals surface area contributed by atoms with Crippen molar-refractivity contribution >= 4 is 23.7 Å². The van der Waals surface area contributed by atoms with Crippen LogP contribution in [-0.2, 0) is 16.0 Å². The summed E-state index contributed by atoms with van der Waals surface area (Å²) in [4.78, 5) is 41.6. The molecule has 1 aromatic carbocycles. The topological polar surface area (TPSA) is 144 Å². The van der Waals surface area contributed by atoms with Crippen LogP contribution in [0.4, 0.5) is 10.6 Å². The van der Waals surface area contributed by atoms with Crippen molar-refractivity contribution in [1.29, 1.82) is 0 Å². The summed E-state index contributed by atoms with van der Waals surface area (Å²) in [6.07, 6.45) is 1.64. The number of fused-ring (bicyclic) bond motifs is 1. The van der Waals surface area contributed by atoms with Crippen molar-refractivity contribution in [1.82, 2.24) is 15.2 Å². The maximum atomic E-state index is 12.7. The number of carboxylic acids is 1. The first-order chi connectivity index (χ1) is 14.3. The number of carbonyl (C=O) groups is 3. The number of anilines is 1. The molecule has 0 radical (unpaired) electrons. The summed E-state index contributed by atoms with van der Waals surface area (Å²) in [6.45, 7) is 1.86. The molecule has 156 valence electrons. The second-order valence-corrected chi connectivity index (χ2v) is 7.17. The minimum Gasteiger partial charge on any atom is -0.480 e. The van der Waals surface area contributed by atoms with Gasteiger partial charge >= 0.3 is 12.0 Å². The molecule has 3 amide bonds. The fraction of sp³-hybridized carbons (Fsp3) is 0.300. The lowest BCUT2D eigenvalue weighted by Crippen LogP contribution is -2.68. The van der Waals surface area contributed by atoms with E-state index in [4.69, 9.17) is 15.2 Å². The Labute approximate surface area is 171 Å². The fourth-order valence-corrected chi connectivity index (χ4v) is 3.65. The number of amides is 3. The summed E-state index contributed by atoms with van der Waals surface area (Å²) in [5.41, 5.74) is 7.05. The highest BCUT2D eigenvalue weighted by atomic mass is 16.7. The number of imide groups is 1. The van der Waals surface area contributed by atoms with Gasteiger partial charge in [-0.3, -0.25) is 4.79 Å². The Kier molecular flexibility index (Phi) is 4.90. The third-order valence-electron chi connectivity index (χ3n) is 5.22. The van der Waals surface area contributed by atoms with E-state index < -0.39 is 35.9 Å². The summed E-state index contributed by atoms with van der Waals surface area (Å²) in [5, 5.41) is 12.3. The molecular weight excluding hydrogens is 392 g/mol. The molecule has 10 heteroatoms. The van der Waals surface area contributed by atoms with E-state index in [9.17, 15) is 19.5 Å². The highest BCUT2D eigenvalue weighted by Gasteiger charge is 2.54. The molecule has 0 aliphatic carbocycles. The van der Waals surface area contributed by atoms with Gasteiger partial charge in [-0.1, -0.05) is 6.07 Å². The summed E-state index contributed by atoms with van der Waals surface area (Å²) >= 11 is 0. The number of ether oxygens (including phenoxy) is 2. The number of likely N-dealkylation sites (tertiary alicyclic amines) is 1. The number of nitrogens with zero attached hydrogens (tertiary/aromatic N) is 2. The number of aliphatic carboxylic acids is 1. The molecule has 2 aromatic rings. The van der Waals surface area contributed by atoms with Crippen LogP contribution in [0.5, 0.6) is 11.5 Å². The number of carboxylic acid groups (broad SMARTS) is 1. The SMILES string of the molecule is CC(NC(=O)N1C(=O)C(Cc2ccnc(N)c2)C1C(=O)O)c1ccc2c(c1)OCO2. The Balaban J connectivity index is 1.45. The number of pyridine rings is 1. The van der Waals surface area contributed by atoms with E-state index in [0.717, 1.165) is 10.5 Å². The molecule has 2 aliphatic rings. The summed E-state index contributed by atoms with van der Waals surface area (Å²) in [5.74, 6) is -1.19. The summed E-state index contributed by atoms with van der Waals surface area (Å²) < 4.78 is 10.6. The van der Waals surface area contributed by atoms with E-state index >= 15 is 0 Å². The Morgan fingerprint density at radius 1 is 1.30 bits per heavy atom. The Hall–Kier alpha value is -3.82. The number of urea groups is 1. The Morgan fingerprint density at radius 3 is 2.80 bits per heavy atom. The number of nitrogens with one attached hydrogen (secondary N) is 1. The van der Waals surface area contributed by atoms with Crippen molar-refractivity contribution in [3.05, 3.63) is 47.7 Å². The summed E-state index contributed by atoms with van der Waals surface area (Å²) in [7, 11) is 0. The standard InChI is InChI=1S/C20H20N4O6/c1-10(12-2-3-14-15(8-12)30-9-29-14)23-20(28)24-17(19(26)27)13(18(24)25)6-11-4-5-22-16(21)7-11/h2-5,7-8,10,13,17H,6,9H2,1H3,(H2,21,22)(H,23,28)(H,26,27).